The molecule has 2 atom stereocenters. The Morgan fingerprint density at radius 2 is 2.14 bits per heavy atom. The molecule has 0 aliphatic heterocycles. The van der Waals surface area contributed by atoms with Crippen LogP contribution in [0, 0.1) is 12.8 Å². The summed E-state index contributed by atoms with van der Waals surface area (Å²) in [6, 6.07) is 7.12. The number of fused-ring (bicyclic) bond motifs is 3. The van der Waals surface area contributed by atoms with E-state index in [0.29, 0.717) is 11.3 Å². The van der Waals surface area contributed by atoms with E-state index in [0.717, 1.165) is 40.8 Å². The molecule has 150 valence electrons. The van der Waals surface area contributed by atoms with E-state index >= 15 is 0 Å². The average molecular weight is 409 g/mol. The quantitative estimate of drug-likeness (QED) is 0.529. The van der Waals surface area contributed by atoms with E-state index in [1.165, 1.54) is 15.8 Å². The van der Waals surface area contributed by atoms with Crippen LogP contribution in [-0.4, -0.2) is 21.7 Å². The van der Waals surface area contributed by atoms with Gasteiger partial charge in [0.15, 0.2) is 0 Å². The first-order chi connectivity index (χ1) is 13.9. The molecule has 0 saturated heterocycles. The molecular weight excluding hydrogens is 384 g/mol. The van der Waals surface area contributed by atoms with Crippen molar-refractivity contribution in [2.75, 3.05) is 0 Å². The molecule has 1 aliphatic rings. The zero-order chi connectivity index (χ0) is 20.5. The summed E-state index contributed by atoms with van der Waals surface area (Å²) < 4.78 is 1.41. The normalized spacial score (nSPS) is 17.4. The first-order valence-electron chi connectivity index (χ1n) is 9.85. The summed E-state index contributed by atoms with van der Waals surface area (Å²) >= 11 is 1.61. The lowest BCUT2D eigenvalue weighted by molar-refractivity contribution is -0.123. The average Bonchev–Trinajstić information content (AvgIpc) is 3.07. The van der Waals surface area contributed by atoms with Gasteiger partial charge in [-0.25, -0.2) is 10.4 Å². The standard InChI is InChI=1S/C22H24N4O2S/c1-13-4-7-16(8-5-13)11-24-25-20(27)15(3)26-12-23-21-19(22(26)28)17-9-6-14(2)10-18(17)29-21/h4-5,7-8,11-12,14-15H,6,9-10H2,1-3H3,(H,25,27)/t14-,15-/m1/s1. The minimum Gasteiger partial charge on any atom is -0.286 e. The molecule has 0 fully saturated rings. The van der Waals surface area contributed by atoms with Gasteiger partial charge in [-0.1, -0.05) is 36.8 Å². The Bertz CT molecular complexity index is 1140. The highest BCUT2D eigenvalue weighted by molar-refractivity contribution is 7.18. The Morgan fingerprint density at radius 1 is 1.38 bits per heavy atom. The summed E-state index contributed by atoms with van der Waals surface area (Å²) in [5.74, 6) is 0.281. The molecule has 4 rings (SSSR count). The van der Waals surface area contributed by atoms with E-state index < -0.39 is 6.04 Å². The summed E-state index contributed by atoms with van der Waals surface area (Å²) in [5.41, 5.74) is 5.56. The van der Waals surface area contributed by atoms with E-state index in [2.05, 4.69) is 22.4 Å². The molecule has 0 bridgehead atoms. The summed E-state index contributed by atoms with van der Waals surface area (Å²) in [7, 11) is 0. The first kappa shape index (κ1) is 19.5. The molecular formula is C22H24N4O2S. The summed E-state index contributed by atoms with van der Waals surface area (Å²) in [6.07, 6.45) is 6.05. The van der Waals surface area contributed by atoms with Gasteiger partial charge in [0.2, 0.25) is 0 Å². The number of hydrogen-bond acceptors (Lipinski definition) is 5. The minimum absolute atomic E-state index is 0.146. The van der Waals surface area contributed by atoms with Gasteiger partial charge in [0.1, 0.15) is 10.9 Å². The Morgan fingerprint density at radius 3 is 2.90 bits per heavy atom. The van der Waals surface area contributed by atoms with Gasteiger partial charge < -0.3 is 0 Å². The maximum atomic E-state index is 13.1. The third-order valence-corrected chi connectivity index (χ3v) is 6.67. The molecule has 2 heterocycles. The summed E-state index contributed by atoms with van der Waals surface area (Å²) in [5, 5.41) is 4.70. The fourth-order valence-electron chi connectivity index (χ4n) is 3.66. The van der Waals surface area contributed by atoms with Gasteiger partial charge >= 0.3 is 0 Å². The number of carbonyl (C=O) groups is 1. The zero-order valence-electron chi connectivity index (χ0n) is 16.8. The smallest absolute Gasteiger partial charge is 0.263 e. The third kappa shape index (κ3) is 3.87. The van der Waals surface area contributed by atoms with E-state index in [4.69, 9.17) is 0 Å². The number of rotatable bonds is 4. The number of nitrogens with zero attached hydrogens (tertiary/aromatic N) is 3. The number of benzene rings is 1. The number of aryl methyl sites for hydroxylation is 2. The molecule has 7 heteroatoms. The van der Waals surface area contributed by atoms with Crippen LogP contribution in [0.5, 0.6) is 0 Å². The van der Waals surface area contributed by atoms with Gasteiger partial charge in [0.25, 0.3) is 11.5 Å². The second-order valence-corrected chi connectivity index (χ2v) is 8.89. The molecule has 29 heavy (non-hydrogen) atoms. The highest BCUT2D eigenvalue weighted by Crippen LogP contribution is 2.35. The molecule has 3 aromatic rings. The molecule has 2 aromatic heterocycles. The lowest BCUT2D eigenvalue weighted by Gasteiger charge is -2.18. The predicted octanol–water partition coefficient (Wildman–Crippen LogP) is 3.60. The van der Waals surface area contributed by atoms with Crippen LogP contribution >= 0.6 is 11.3 Å². The predicted molar refractivity (Wildman–Crippen MR) is 117 cm³/mol. The molecule has 1 N–H and O–H groups in total. The van der Waals surface area contributed by atoms with Crippen LogP contribution in [0.4, 0.5) is 0 Å². The van der Waals surface area contributed by atoms with Crippen LogP contribution < -0.4 is 11.0 Å². The van der Waals surface area contributed by atoms with Gasteiger partial charge in [-0.3, -0.25) is 14.2 Å². The highest BCUT2D eigenvalue weighted by Gasteiger charge is 2.25. The number of carbonyl (C=O) groups excluding carboxylic acids is 1. The lowest BCUT2D eigenvalue weighted by atomic mass is 9.89. The fourth-order valence-corrected chi connectivity index (χ4v) is 5.00. The molecule has 1 amide bonds. The Kier molecular flexibility index (Phi) is 5.32. The van der Waals surface area contributed by atoms with Crippen LogP contribution in [0.3, 0.4) is 0 Å². The lowest BCUT2D eigenvalue weighted by Crippen LogP contribution is -2.34. The van der Waals surface area contributed by atoms with Gasteiger partial charge in [-0.05, 0) is 50.2 Å². The van der Waals surface area contributed by atoms with Crippen molar-refractivity contribution in [3.63, 3.8) is 0 Å². The third-order valence-electron chi connectivity index (χ3n) is 5.50. The van der Waals surface area contributed by atoms with E-state index in [-0.39, 0.29) is 11.5 Å². The molecule has 0 radical (unpaired) electrons. The zero-order valence-corrected chi connectivity index (χ0v) is 17.6. The summed E-state index contributed by atoms with van der Waals surface area (Å²) in [6.45, 7) is 5.94. The number of hydrazone groups is 1. The topological polar surface area (TPSA) is 76.3 Å². The second kappa shape index (κ2) is 7.91. The highest BCUT2D eigenvalue weighted by atomic mass is 32.1. The van der Waals surface area contributed by atoms with Crippen molar-refractivity contribution in [3.05, 3.63) is 62.5 Å². The van der Waals surface area contributed by atoms with Crippen molar-refractivity contribution in [1.82, 2.24) is 15.0 Å². The van der Waals surface area contributed by atoms with E-state index in [1.807, 2.05) is 31.2 Å². The van der Waals surface area contributed by atoms with Crippen molar-refractivity contribution >= 4 is 33.7 Å². The van der Waals surface area contributed by atoms with Crippen LogP contribution in [0.2, 0.25) is 0 Å². The van der Waals surface area contributed by atoms with Crippen molar-refractivity contribution in [1.29, 1.82) is 0 Å². The number of nitrogens with one attached hydrogen (secondary N) is 1. The molecule has 0 spiro atoms. The van der Waals surface area contributed by atoms with Crippen molar-refractivity contribution in [3.8, 4) is 0 Å². The second-order valence-electron chi connectivity index (χ2n) is 7.81. The Hall–Kier alpha value is -2.80. The van der Waals surface area contributed by atoms with Gasteiger partial charge in [0, 0.05) is 4.88 Å². The molecule has 0 saturated carbocycles. The van der Waals surface area contributed by atoms with Crippen LogP contribution in [0.15, 0.2) is 40.5 Å². The number of aromatic nitrogens is 2. The Balaban J connectivity index is 1.55. The number of hydrogen-bond donors (Lipinski definition) is 1. The minimum atomic E-state index is -0.701. The number of amides is 1. The molecule has 1 aromatic carbocycles. The van der Waals surface area contributed by atoms with E-state index in [1.54, 1.807) is 24.5 Å². The fraction of sp³-hybridized carbons (Fsp3) is 0.364. The monoisotopic (exact) mass is 408 g/mol. The largest absolute Gasteiger partial charge is 0.286 e. The van der Waals surface area contributed by atoms with Crippen LogP contribution in [0.25, 0.3) is 10.2 Å². The van der Waals surface area contributed by atoms with Gasteiger partial charge in [-0.15, -0.1) is 11.3 Å². The summed E-state index contributed by atoms with van der Waals surface area (Å²) in [4.78, 5) is 32.2. The van der Waals surface area contributed by atoms with Crippen molar-refractivity contribution < 1.29 is 4.79 Å². The van der Waals surface area contributed by atoms with Gasteiger partial charge in [0.05, 0.1) is 17.9 Å². The van der Waals surface area contributed by atoms with E-state index in [9.17, 15) is 9.59 Å². The SMILES string of the molecule is Cc1ccc(C=NNC(=O)[C@@H](C)n2cnc3sc4c(c3c2=O)CC[C@@H](C)C4)cc1. The van der Waals surface area contributed by atoms with Gasteiger partial charge in [-0.2, -0.15) is 5.10 Å². The van der Waals surface area contributed by atoms with Crippen LogP contribution in [0.1, 0.15) is 47.9 Å². The maximum absolute atomic E-state index is 13.1. The van der Waals surface area contributed by atoms with Crippen LogP contribution in [-0.2, 0) is 17.6 Å². The van der Waals surface area contributed by atoms with Crippen molar-refractivity contribution in [2.45, 2.75) is 46.1 Å². The molecule has 0 unspecified atom stereocenters. The Labute approximate surface area is 173 Å². The maximum Gasteiger partial charge on any atom is 0.263 e. The molecule has 6 nitrogen and oxygen atoms in total. The first-order valence-corrected chi connectivity index (χ1v) is 10.7. The number of thiophene rings is 1. The molecule has 1 aliphatic carbocycles. The van der Waals surface area contributed by atoms with Crippen molar-refractivity contribution in [2.24, 2.45) is 11.0 Å².